The Bertz CT molecular complexity index is 384. The van der Waals surface area contributed by atoms with Gasteiger partial charge in [-0.15, -0.1) is 0 Å². The van der Waals surface area contributed by atoms with E-state index in [9.17, 15) is 0 Å². The van der Waals surface area contributed by atoms with Gasteiger partial charge in [0, 0.05) is 6.54 Å². The largest absolute Gasteiger partial charge is 0.396 e. The van der Waals surface area contributed by atoms with E-state index < -0.39 is 0 Å². The third-order valence-corrected chi connectivity index (χ3v) is 1.89. The summed E-state index contributed by atoms with van der Waals surface area (Å²) in [6.45, 7) is 5.22. The number of nitrogen functional groups attached to an aromatic ring is 1. The van der Waals surface area contributed by atoms with Gasteiger partial charge in [-0.2, -0.15) is 5.26 Å². The summed E-state index contributed by atoms with van der Waals surface area (Å²) in [5.41, 5.74) is 6.20. The molecule has 86 valence electrons. The minimum Gasteiger partial charge on any atom is -0.396 e. The fourth-order valence-electron chi connectivity index (χ4n) is 1.13. The van der Waals surface area contributed by atoms with Gasteiger partial charge in [0.25, 0.3) is 0 Å². The topological polar surface area (TPSA) is 84.0 Å². The smallest absolute Gasteiger partial charge is 0.165 e. The first kappa shape index (κ1) is 12.3. The van der Waals surface area contributed by atoms with E-state index in [2.05, 4.69) is 10.3 Å². The molecule has 0 bridgehead atoms. The third kappa shape index (κ3) is 3.75. The molecule has 0 amide bonds. The zero-order valence-corrected chi connectivity index (χ0v) is 9.53. The zero-order valence-electron chi connectivity index (χ0n) is 9.53. The molecule has 0 atom stereocenters. The average molecular weight is 220 g/mol. The van der Waals surface area contributed by atoms with E-state index in [1.807, 2.05) is 19.9 Å². The molecule has 5 nitrogen and oxygen atoms in total. The van der Waals surface area contributed by atoms with Crippen molar-refractivity contribution in [2.24, 2.45) is 0 Å². The molecule has 0 aromatic carbocycles. The van der Waals surface area contributed by atoms with Crippen LogP contribution in [0.5, 0.6) is 0 Å². The quantitative estimate of drug-likeness (QED) is 0.732. The molecule has 0 aliphatic rings. The number of anilines is 2. The third-order valence-electron chi connectivity index (χ3n) is 1.89. The molecule has 0 spiro atoms. The highest BCUT2D eigenvalue weighted by Gasteiger charge is 2.01. The second kappa shape index (κ2) is 5.93. The molecule has 0 saturated carbocycles. The molecule has 0 fully saturated rings. The molecular formula is C11H16N4O. The number of aromatic nitrogens is 1. The molecule has 16 heavy (non-hydrogen) atoms. The van der Waals surface area contributed by atoms with Crippen LogP contribution in [0.3, 0.4) is 0 Å². The van der Waals surface area contributed by atoms with Crippen molar-refractivity contribution in [3.63, 3.8) is 0 Å². The number of pyridine rings is 1. The van der Waals surface area contributed by atoms with Crippen LogP contribution in [0.15, 0.2) is 12.1 Å². The first-order valence-electron chi connectivity index (χ1n) is 5.15. The van der Waals surface area contributed by atoms with Crippen molar-refractivity contribution in [1.82, 2.24) is 4.98 Å². The molecule has 3 N–H and O–H groups in total. The van der Waals surface area contributed by atoms with Gasteiger partial charge in [-0.25, -0.2) is 4.98 Å². The molecular weight excluding hydrogens is 204 g/mol. The van der Waals surface area contributed by atoms with E-state index >= 15 is 0 Å². The number of hydrogen-bond acceptors (Lipinski definition) is 5. The predicted molar refractivity (Wildman–Crippen MR) is 62.9 cm³/mol. The first-order chi connectivity index (χ1) is 7.63. The van der Waals surface area contributed by atoms with Crippen molar-refractivity contribution in [2.45, 2.75) is 20.0 Å². The number of ether oxygens (including phenoxy) is 1. The molecule has 0 unspecified atom stereocenters. The average Bonchev–Trinajstić information content (AvgIpc) is 2.26. The number of hydrogen-bond donors (Lipinski definition) is 2. The highest BCUT2D eigenvalue weighted by molar-refractivity contribution is 5.54. The maximum absolute atomic E-state index is 8.74. The molecule has 1 aromatic heterocycles. The number of rotatable bonds is 5. The molecule has 1 aromatic rings. The van der Waals surface area contributed by atoms with Crippen LogP contribution in [0.2, 0.25) is 0 Å². The van der Waals surface area contributed by atoms with Gasteiger partial charge in [-0.3, -0.25) is 0 Å². The van der Waals surface area contributed by atoms with Gasteiger partial charge in [0.05, 0.1) is 18.4 Å². The second-order valence-corrected chi connectivity index (χ2v) is 3.59. The van der Waals surface area contributed by atoms with Gasteiger partial charge in [0.1, 0.15) is 11.9 Å². The Balaban J connectivity index is 2.46. The molecule has 0 saturated heterocycles. The molecule has 1 heterocycles. The van der Waals surface area contributed by atoms with E-state index in [-0.39, 0.29) is 11.8 Å². The summed E-state index contributed by atoms with van der Waals surface area (Å²) in [5, 5.41) is 11.8. The van der Waals surface area contributed by atoms with Crippen molar-refractivity contribution < 1.29 is 4.74 Å². The van der Waals surface area contributed by atoms with Gasteiger partial charge >= 0.3 is 0 Å². The Hall–Kier alpha value is -1.80. The molecule has 0 aliphatic heterocycles. The Labute approximate surface area is 95.2 Å². The zero-order chi connectivity index (χ0) is 12.0. The lowest BCUT2D eigenvalue weighted by molar-refractivity contribution is 0.0870. The van der Waals surface area contributed by atoms with Crippen LogP contribution < -0.4 is 11.1 Å². The van der Waals surface area contributed by atoms with Gasteiger partial charge in [-0.05, 0) is 26.0 Å². The van der Waals surface area contributed by atoms with Gasteiger partial charge in [0.2, 0.25) is 0 Å². The Morgan fingerprint density at radius 1 is 1.56 bits per heavy atom. The number of nitrogens with one attached hydrogen (secondary N) is 1. The van der Waals surface area contributed by atoms with E-state index in [0.717, 1.165) is 0 Å². The summed E-state index contributed by atoms with van der Waals surface area (Å²) in [6.07, 6.45) is 0.218. The van der Waals surface area contributed by atoms with Crippen LogP contribution in [0.25, 0.3) is 0 Å². The molecule has 0 aliphatic carbocycles. The van der Waals surface area contributed by atoms with Crippen LogP contribution in [0, 0.1) is 11.3 Å². The van der Waals surface area contributed by atoms with Gasteiger partial charge in [-0.1, -0.05) is 0 Å². The lowest BCUT2D eigenvalue weighted by Crippen LogP contribution is -2.14. The van der Waals surface area contributed by atoms with Gasteiger partial charge < -0.3 is 15.8 Å². The summed E-state index contributed by atoms with van der Waals surface area (Å²) in [5.74, 6) is 0.637. The van der Waals surface area contributed by atoms with Crippen LogP contribution in [0.4, 0.5) is 11.5 Å². The Morgan fingerprint density at radius 2 is 2.31 bits per heavy atom. The van der Waals surface area contributed by atoms with Crippen LogP contribution in [-0.2, 0) is 4.74 Å². The summed E-state index contributed by atoms with van der Waals surface area (Å²) in [7, 11) is 0. The van der Waals surface area contributed by atoms with Crippen molar-refractivity contribution in [3.8, 4) is 6.07 Å². The van der Waals surface area contributed by atoms with Crippen molar-refractivity contribution in [2.75, 3.05) is 24.2 Å². The lowest BCUT2D eigenvalue weighted by atomic mass is 10.3. The monoisotopic (exact) mass is 220 g/mol. The summed E-state index contributed by atoms with van der Waals surface area (Å²) >= 11 is 0. The van der Waals surface area contributed by atoms with E-state index in [1.165, 1.54) is 0 Å². The minimum atomic E-state index is 0.218. The molecule has 0 radical (unpaired) electrons. The van der Waals surface area contributed by atoms with Crippen LogP contribution in [-0.4, -0.2) is 24.2 Å². The van der Waals surface area contributed by atoms with Crippen LogP contribution in [0.1, 0.15) is 19.5 Å². The normalized spacial score (nSPS) is 10.1. The number of nitriles is 1. The standard InChI is InChI=1S/C11H16N4O/c1-8(2)16-6-5-14-11-4-3-9(13)10(7-12)15-11/h3-4,8H,5-6,13H2,1-2H3,(H,14,15). The fourth-order valence-corrected chi connectivity index (χ4v) is 1.13. The summed E-state index contributed by atoms with van der Waals surface area (Å²) in [6, 6.07) is 5.34. The number of nitrogens with two attached hydrogens (primary N) is 1. The maximum atomic E-state index is 8.74. The van der Waals surface area contributed by atoms with Gasteiger partial charge in [0.15, 0.2) is 5.69 Å². The molecule has 1 rings (SSSR count). The molecule has 5 heteroatoms. The highest BCUT2D eigenvalue weighted by Crippen LogP contribution is 2.11. The Morgan fingerprint density at radius 3 is 2.94 bits per heavy atom. The van der Waals surface area contributed by atoms with Crippen LogP contribution >= 0.6 is 0 Å². The fraction of sp³-hybridized carbons (Fsp3) is 0.455. The number of nitrogens with zero attached hydrogens (tertiary/aromatic N) is 2. The van der Waals surface area contributed by atoms with E-state index in [1.54, 1.807) is 12.1 Å². The van der Waals surface area contributed by atoms with Crippen molar-refractivity contribution in [3.05, 3.63) is 17.8 Å². The summed E-state index contributed by atoms with van der Waals surface area (Å²) < 4.78 is 5.36. The van der Waals surface area contributed by atoms with E-state index in [0.29, 0.717) is 24.7 Å². The minimum absolute atomic E-state index is 0.218. The lowest BCUT2D eigenvalue weighted by Gasteiger charge is -2.09. The first-order valence-corrected chi connectivity index (χ1v) is 5.15. The van der Waals surface area contributed by atoms with Crippen molar-refractivity contribution >= 4 is 11.5 Å². The Kier molecular flexibility index (Phi) is 4.55. The predicted octanol–water partition coefficient (Wildman–Crippen LogP) is 1.37. The highest BCUT2D eigenvalue weighted by atomic mass is 16.5. The SMILES string of the molecule is CC(C)OCCNc1ccc(N)c(C#N)n1. The van der Waals surface area contributed by atoms with E-state index in [4.69, 9.17) is 15.7 Å². The van der Waals surface area contributed by atoms with Crippen molar-refractivity contribution in [1.29, 1.82) is 5.26 Å². The summed E-state index contributed by atoms with van der Waals surface area (Å²) in [4.78, 5) is 4.05. The second-order valence-electron chi connectivity index (χ2n) is 3.59. The maximum Gasteiger partial charge on any atom is 0.165 e.